The number of aromatic nitrogens is 1. The molecule has 3 aromatic rings. The number of methoxy groups -OCH3 is 1. The molecule has 1 fully saturated rings. The minimum atomic E-state index is -0.119. The molecule has 8 heteroatoms. The molecule has 1 atom stereocenters. The Balaban J connectivity index is 1.48. The summed E-state index contributed by atoms with van der Waals surface area (Å²) in [6, 6.07) is 9.42. The zero-order valence-electron chi connectivity index (χ0n) is 14.4. The Hall–Kier alpha value is -2.16. The molecule has 136 valence electrons. The van der Waals surface area contributed by atoms with Crippen molar-refractivity contribution in [1.82, 2.24) is 4.98 Å². The van der Waals surface area contributed by atoms with Gasteiger partial charge in [-0.2, -0.15) is 0 Å². The highest BCUT2D eigenvalue weighted by Gasteiger charge is 2.21. The molecule has 0 saturated carbocycles. The average molecular weight is 389 g/mol. The number of hydrogen-bond donors (Lipinski definition) is 2. The molecule has 1 unspecified atom stereocenters. The van der Waals surface area contributed by atoms with Gasteiger partial charge in [0.05, 0.1) is 16.7 Å². The van der Waals surface area contributed by atoms with E-state index in [1.165, 1.54) is 11.3 Å². The highest BCUT2D eigenvalue weighted by molar-refractivity contribution is 7.29. The monoisotopic (exact) mass is 388 g/mol. The van der Waals surface area contributed by atoms with Gasteiger partial charge in [-0.1, -0.05) is 11.3 Å². The average Bonchev–Trinajstić information content (AvgIpc) is 3.21. The molecule has 1 aliphatic heterocycles. The number of piperidine rings is 1. The number of amides is 1. The third-order valence-corrected chi connectivity index (χ3v) is 6.60. The first-order chi connectivity index (χ1) is 12.6. The molecule has 26 heavy (non-hydrogen) atoms. The number of rotatable bonds is 4. The first-order valence-electron chi connectivity index (χ1n) is 8.48. The molecule has 1 saturated heterocycles. The van der Waals surface area contributed by atoms with E-state index in [0.29, 0.717) is 4.88 Å². The standard InChI is InChI=1S/C18H20N4O2S2/c1-24-13-6-4-12(5-7-13)20-16(23)14-9-15-17(25-14)21-18(26-15)22-8-2-3-11(19)10-22/h4-7,9,11H,2-3,8,10,19H2,1H3,(H,20,23). The molecular weight excluding hydrogens is 368 g/mol. The summed E-state index contributed by atoms with van der Waals surface area (Å²) in [6.45, 7) is 1.85. The van der Waals surface area contributed by atoms with Crippen molar-refractivity contribution < 1.29 is 9.53 Å². The van der Waals surface area contributed by atoms with E-state index in [4.69, 9.17) is 15.5 Å². The van der Waals surface area contributed by atoms with Gasteiger partial charge in [-0.05, 0) is 43.2 Å². The second-order valence-corrected chi connectivity index (χ2v) is 8.35. The fourth-order valence-corrected chi connectivity index (χ4v) is 5.16. The second-order valence-electron chi connectivity index (χ2n) is 6.31. The number of nitrogens with zero attached hydrogens (tertiary/aromatic N) is 2. The number of carbonyl (C=O) groups is 1. The zero-order chi connectivity index (χ0) is 18.1. The first-order valence-corrected chi connectivity index (χ1v) is 10.1. The van der Waals surface area contributed by atoms with E-state index in [9.17, 15) is 4.79 Å². The normalized spacial score (nSPS) is 17.5. The van der Waals surface area contributed by atoms with Gasteiger partial charge in [-0.3, -0.25) is 4.79 Å². The van der Waals surface area contributed by atoms with Crippen molar-refractivity contribution in [3.63, 3.8) is 0 Å². The summed E-state index contributed by atoms with van der Waals surface area (Å²) in [6.07, 6.45) is 2.18. The van der Waals surface area contributed by atoms with Gasteiger partial charge in [0, 0.05) is 24.8 Å². The molecule has 3 N–H and O–H groups in total. The number of fused-ring (bicyclic) bond motifs is 1. The predicted octanol–water partition coefficient (Wildman–Crippen LogP) is 3.55. The number of hydrogen-bond acceptors (Lipinski definition) is 7. The number of thiophene rings is 1. The lowest BCUT2D eigenvalue weighted by molar-refractivity contribution is 0.103. The van der Waals surface area contributed by atoms with E-state index >= 15 is 0 Å². The van der Waals surface area contributed by atoms with Crippen LogP contribution in [0.5, 0.6) is 5.75 Å². The van der Waals surface area contributed by atoms with Gasteiger partial charge in [0.1, 0.15) is 10.6 Å². The van der Waals surface area contributed by atoms with Gasteiger partial charge in [-0.25, -0.2) is 4.98 Å². The van der Waals surface area contributed by atoms with Crippen LogP contribution in [0.1, 0.15) is 22.5 Å². The van der Waals surface area contributed by atoms with E-state index in [1.807, 2.05) is 30.3 Å². The fourth-order valence-electron chi connectivity index (χ4n) is 3.02. The molecule has 0 aliphatic carbocycles. The van der Waals surface area contributed by atoms with Gasteiger partial charge < -0.3 is 20.7 Å². The summed E-state index contributed by atoms with van der Waals surface area (Å²) in [4.78, 5) is 21.0. The molecule has 2 aromatic heterocycles. The maximum absolute atomic E-state index is 12.5. The topological polar surface area (TPSA) is 80.5 Å². The smallest absolute Gasteiger partial charge is 0.265 e. The lowest BCUT2D eigenvalue weighted by atomic mass is 10.1. The molecular formula is C18H20N4O2S2. The van der Waals surface area contributed by atoms with Crippen LogP contribution in [-0.4, -0.2) is 37.1 Å². The Bertz CT molecular complexity index is 888. The molecule has 1 aliphatic rings. The van der Waals surface area contributed by atoms with Crippen LogP contribution < -0.4 is 20.7 Å². The van der Waals surface area contributed by atoms with Crippen molar-refractivity contribution in [3.05, 3.63) is 35.2 Å². The van der Waals surface area contributed by atoms with Crippen LogP contribution in [0.2, 0.25) is 0 Å². The molecule has 0 radical (unpaired) electrons. The van der Waals surface area contributed by atoms with Crippen LogP contribution in [0, 0.1) is 0 Å². The van der Waals surface area contributed by atoms with Crippen LogP contribution in [0.25, 0.3) is 9.53 Å². The summed E-state index contributed by atoms with van der Waals surface area (Å²) in [7, 11) is 1.62. The minimum absolute atomic E-state index is 0.119. The molecule has 3 heterocycles. The van der Waals surface area contributed by atoms with Crippen molar-refractivity contribution in [2.75, 3.05) is 30.4 Å². The number of nitrogens with two attached hydrogens (primary N) is 1. The van der Waals surface area contributed by atoms with Crippen LogP contribution in [0.15, 0.2) is 30.3 Å². The van der Waals surface area contributed by atoms with Crippen molar-refractivity contribution in [1.29, 1.82) is 0 Å². The number of anilines is 2. The van der Waals surface area contributed by atoms with E-state index in [-0.39, 0.29) is 11.9 Å². The van der Waals surface area contributed by atoms with Crippen molar-refractivity contribution in [2.24, 2.45) is 5.73 Å². The van der Waals surface area contributed by atoms with E-state index in [0.717, 1.165) is 52.0 Å². The largest absolute Gasteiger partial charge is 0.497 e. The third kappa shape index (κ3) is 3.53. The predicted molar refractivity (Wildman–Crippen MR) is 108 cm³/mol. The molecule has 1 aromatic carbocycles. The van der Waals surface area contributed by atoms with E-state index in [1.54, 1.807) is 18.4 Å². The van der Waals surface area contributed by atoms with Crippen molar-refractivity contribution in [3.8, 4) is 5.75 Å². The SMILES string of the molecule is COc1ccc(NC(=O)c2cc3sc(N4CCCC(N)C4)nc3s2)cc1. The van der Waals surface area contributed by atoms with Crippen LogP contribution in [-0.2, 0) is 0 Å². The van der Waals surface area contributed by atoms with Crippen molar-refractivity contribution in [2.45, 2.75) is 18.9 Å². The summed E-state index contributed by atoms with van der Waals surface area (Å²) in [5, 5.41) is 3.91. The lowest BCUT2D eigenvalue weighted by Gasteiger charge is -2.30. The summed E-state index contributed by atoms with van der Waals surface area (Å²) in [5.74, 6) is 0.640. The third-order valence-electron chi connectivity index (χ3n) is 4.38. The van der Waals surface area contributed by atoms with Crippen molar-refractivity contribution >= 4 is 48.9 Å². The first kappa shape index (κ1) is 17.3. The van der Waals surface area contributed by atoms with Gasteiger partial charge in [0.2, 0.25) is 0 Å². The molecule has 4 rings (SSSR count). The molecule has 6 nitrogen and oxygen atoms in total. The van der Waals surface area contributed by atoms with Gasteiger partial charge in [0.25, 0.3) is 5.91 Å². The van der Waals surface area contributed by atoms with Gasteiger partial charge in [-0.15, -0.1) is 11.3 Å². The maximum atomic E-state index is 12.5. The summed E-state index contributed by atoms with van der Waals surface area (Å²) >= 11 is 3.05. The van der Waals surface area contributed by atoms with E-state index in [2.05, 4.69) is 10.2 Å². The van der Waals surface area contributed by atoms with Crippen LogP contribution >= 0.6 is 22.7 Å². The second kappa shape index (κ2) is 7.22. The fraction of sp³-hybridized carbons (Fsp3) is 0.333. The highest BCUT2D eigenvalue weighted by atomic mass is 32.1. The van der Waals surface area contributed by atoms with Crippen LogP contribution in [0.3, 0.4) is 0 Å². The Morgan fingerprint density at radius 1 is 1.35 bits per heavy atom. The quantitative estimate of drug-likeness (QED) is 0.714. The number of nitrogens with one attached hydrogen (secondary N) is 1. The summed E-state index contributed by atoms with van der Waals surface area (Å²) in [5.41, 5.74) is 6.80. The minimum Gasteiger partial charge on any atom is -0.497 e. The molecule has 0 bridgehead atoms. The maximum Gasteiger partial charge on any atom is 0.265 e. The van der Waals surface area contributed by atoms with Crippen LogP contribution in [0.4, 0.5) is 10.8 Å². The van der Waals surface area contributed by atoms with E-state index < -0.39 is 0 Å². The molecule has 0 spiro atoms. The number of carbonyl (C=O) groups excluding carboxylic acids is 1. The highest BCUT2D eigenvalue weighted by Crippen LogP contribution is 2.35. The van der Waals surface area contributed by atoms with Gasteiger partial charge >= 0.3 is 0 Å². The number of thiazole rings is 1. The number of benzene rings is 1. The molecule has 1 amide bonds. The number of ether oxygens (including phenoxy) is 1. The summed E-state index contributed by atoms with van der Waals surface area (Å²) < 4.78 is 6.17. The zero-order valence-corrected chi connectivity index (χ0v) is 16.0. The Morgan fingerprint density at radius 3 is 2.85 bits per heavy atom. The Morgan fingerprint density at radius 2 is 2.15 bits per heavy atom. The Kier molecular flexibility index (Phi) is 4.80. The lowest BCUT2D eigenvalue weighted by Crippen LogP contribution is -2.42. The Labute approximate surface area is 159 Å². The van der Waals surface area contributed by atoms with Gasteiger partial charge in [0.15, 0.2) is 5.13 Å².